The van der Waals surface area contributed by atoms with E-state index in [0.29, 0.717) is 23.4 Å². The molecule has 0 amide bonds. The summed E-state index contributed by atoms with van der Waals surface area (Å²) in [4.78, 5) is 19.3. The summed E-state index contributed by atoms with van der Waals surface area (Å²) in [5, 5.41) is 1.37. The first-order valence-electron chi connectivity index (χ1n) is 8.76. The van der Waals surface area contributed by atoms with Crippen LogP contribution in [0.1, 0.15) is 40.0 Å². The number of pyridine rings is 2. The predicted octanol–water partition coefficient (Wildman–Crippen LogP) is 3.95. The summed E-state index contributed by atoms with van der Waals surface area (Å²) >= 11 is 6.04. The van der Waals surface area contributed by atoms with Gasteiger partial charge in [0.05, 0.1) is 0 Å². The van der Waals surface area contributed by atoms with E-state index in [1.807, 2.05) is 12.1 Å². The van der Waals surface area contributed by atoms with Crippen molar-refractivity contribution in [2.24, 2.45) is 5.41 Å². The van der Waals surface area contributed by atoms with Gasteiger partial charge in [0.15, 0.2) is 0 Å². The highest BCUT2D eigenvalue weighted by molar-refractivity contribution is 6.29. The van der Waals surface area contributed by atoms with Crippen LogP contribution in [0, 0.1) is 5.41 Å². The van der Waals surface area contributed by atoms with Crippen LogP contribution in [0.5, 0.6) is 0 Å². The maximum absolute atomic E-state index is 12.4. The van der Waals surface area contributed by atoms with Crippen molar-refractivity contribution in [3.05, 3.63) is 39.8 Å². The molecule has 0 N–H and O–H groups in total. The number of likely N-dealkylation sites (tertiary alicyclic amines) is 1. The van der Waals surface area contributed by atoms with Gasteiger partial charge in [-0.25, -0.2) is 4.98 Å². The minimum Gasteiger partial charge on any atom is -0.298 e. The van der Waals surface area contributed by atoms with Gasteiger partial charge in [-0.1, -0.05) is 38.8 Å². The zero-order valence-electron chi connectivity index (χ0n) is 14.8. The van der Waals surface area contributed by atoms with E-state index < -0.39 is 0 Å². The minimum absolute atomic E-state index is 0.0124. The van der Waals surface area contributed by atoms with E-state index in [-0.39, 0.29) is 11.0 Å². The van der Waals surface area contributed by atoms with E-state index in [1.165, 1.54) is 19.3 Å². The molecule has 1 aliphatic rings. The molecule has 0 aromatic carbocycles. The van der Waals surface area contributed by atoms with E-state index in [4.69, 9.17) is 11.6 Å². The third-order valence-electron chi connectivity index (χ3n) is 5.02. The second-order valence-corrected chi connectivity index (χ2v) is 8.17. The molecule has 0 aliphatic carbocycles. The van der Waals surface area contributed by atoms with Crippen molar-refractivity contribution in [2.45, 2.75) is 52.6 Å². The van der Waals surface area contributed by atoms with E-state index in [1.54, 1.807) is 16.7 Å². The van der Waals surface area contributed by atoms with Gasteiger partial charge in [0.2, 0.25) is 0 Å². The lowest BCUT2D eigenvalue weighted by Gasteiger charge is -2.43. The van der Waals surface area contributed by atoms with Gasteiger partial charge in [0, 0.05) is 30.6 Å². The summed E-state index contributed by atoms with van der Waals surface area (Å²) in [7, 11) is 0. The van der Waals surface area contributed by atoms with Gasteiger partial charge in [-0.3, -0.25) is 14.3 Å². The first kappa shape index (κ1) is 17.4. The summed E-state index contributed by atoms with van der Waals surface area (Å²) < 4.78 is 1.76. The Morgan fingerprint density at radius 1 is 1.17 bits per heavy atom. The molecule has 24 heavy (non-hydrogen) atoms. The Morgan fingerprint density at radius 2 is 1.92 bits per heavy atom. The molecule has 2 aromatic heterocycles. The molecule has 0 saturated carbocycles. The summed E-state index contributed by atoms with van der Waals surface area (Å²) in [5.74, 6) is 0. The molecule has 3 heterocycles. The number of nitrogens with zero attached hydrogens (tertiary/aromatic N) is 3. The predicted molar refractivity (Wildman–Crippen MR) is 99.7 cm³/mol. The summed E-state index contributed by atoms with van der Waals surface area (Å²) in [6.45, 7) is 9.55. The Kier molecular flexibility index (Phi) is 4.97. The Labute approximate surface area is 148 Å². The Balaban J connectivity index is 1.86. The standard InChI is InChI=1S/C19H26ClN3O/c1-19(2,3)15-6-4-5-11-22(15)12-13-23-17(24)10-8-14-7-9-16(20)21-18(14)23/h7-10,15H,4-6,11-13H2,1-3H3. The van der Waals surface area contributed by atoms with Crippen molar-refractivity contribution < 1.29 is 0 Å². The highest BCUT2D eigenvalue weighted by Crippen LogP contribution is 2.31. The lowest BCUT2D eigenvalue weighted by Crippen LogP contribution is -2.48. The van der Waals surface area contributed by atoms with Crippen molar-refractivity contribution in [2.75, 3.05) is 13.1 Å². The van der Waals surface area contributed by atoms with Crippen molar-refractivity contribution in [3.8, 4) is 0 Å². The van der Waals surface area contributed by atoms with Crippen LogP contribution in [0.25, 0.3) is 11.0 Å². The summed E-state index contributed by atoms with van der Waals surface area (Å²) in [6, 6.07) is 7.68. The second kappa shape index (κ2) is 6.85. The van der Waals surface area contributed by atoms with E-state index in [2.05, 4.69) is 30.7 Å². The highest BCUT2D eigenvalue weighted by Gasteiger charge is 2.32. The van der Waals surface area contributed by atoms with Gasteiger partial charge in [-0.15, -0.1) is 0 Å². The van der Waals surface area contributed by atoms with E-state index in [9.17, 15) is 4.79 Å². The molecule has 130 valence electrons. The molecule has 1 aliphatic heterocycles. The summed E-state index contributed by atoms with van der Waals surface area (Å²) in [6.07, 6.45) is 3.77. The molecule has 1 unspecified atom stereocenters. The number of fused-ring (bicyclic) bond motifs is 1. The molecule has 1 atom stereocenters. The van der Waals surface area contributed by atoms with Crippen LogP contribution in [0.15, 0.2) is 29.1 Å². The molecule has 5 heteroatoms. The number of piperidine rings is 1. The Morgan fingerprint density at radius 3 is 2.67 bits per heavy atom. The first-order valence-corrected chi connectivity index (χ1v) is 9.14. The van der Waals surface area contributed by atoms with Crippen LogP contribution in [-0.2, 0) is 6.54 Å². The monoisotopic (exact) mass is 347 g/mol. The normalized spacial score (nSPS) is 19.8. The topological polar surface area (TPSA) is 38.1 Å². The average Bonchev–Trinajstić information content (AvgIpc) is 2.53. The average molecular weight is 348 g/mol. The lowest BCUT2D eigenvalue weighted by atomic mass is 9.80. The maximum atomic E-state index is 12.4. The Bertz CT molecular complexity index is 778. The fourth-order valence-corrected chi connectivity index (χ4v) is 3.96. The second-order valence-electron chi connectivity index (χ2n) is 7.78. The van der Waals surface area contributed by atoms with Crippen molar-refractivity contribution >= 4 is 22.6 Å². The van der Waals surface area contributed by atoms with E-state index >= 15 is 0 Å². The fourth-order valence-electron chi connectivity index (χ4n) is 3.82. The molecular weight excluding hydrogens is 322 g/mol. The third kappa shape index (κ3) is 3.65. The molecule has 4 nitrogen and oxygen atoms in total. The lowest BCUT2D eigenvalue weighted by molar-refractivity contribution is 0.0610. The molecular formula is C19H26ClN3O. The van der Waals surface area contributed by atoms with Crippen LogP contribution >= 0.6 is 11.6 Å². The number of hydrogen-bond donors (Lipinski definition) is 0. The van der Waals surface area contributed by atoms with Crippen molar-refractivity contribution in [3.63, 3.8) is 0 Å². The van der Waals surface area contributed by atoms with Gasteiger partial charge in [0.25, 0.3) is 5.56 Å². The molecule has 1 fully saturated rings. The molecule has 0 radical (unpaired) electrons. The van der Waals surface area contributed by atoms with Crippen LogP contribution in [-0.4, -0.2) is 33.6 Å². The quantitative estimate of drug-likeness (QED) is 0.789. The number of aromatic nitrogens is 2. The van der Waals surface area contributed by atoms with Crippen LogP contribution in [0.4, 0.5) is 0 Å². The smallest absolute Gasteiger partial charge is 0.252 e. The Hall–Kier alpha value is -1.39. The van der Waals surface area contributed by atoms with Gasteiger partial charge in [-0.2, -0.15) is 0 Å². The number of halogens is 1. The number of hydrogen-bond acceptors (Lipinski definition) is 3. The molecule has 0 spiro atoms. The van der Waals surface area contributed by atoms with Gasteiger partial charge < -0.3 is 0 Å². The number of rotatable bonds is 3. The van der Waals surface area contributed by atoms with Crippen LogP contribution in [0.3, 0.4) is 0 Å². The first-order chi connectivity index (χ1) is 11.4. The highest BCUT2D eigenvalue weighted by atomic mass is 35.5. The van der Waals surface area contributed by atoms with Crippen molar-refractivity contribution in [1.29, 1.82) is 0 Å². The van der Waals surface area contributed by atoms with Crippen LogP contribution < -0.4 is 5.56 Å². The molecule has 2 aromatic rings. The van der Waals surface area contributed by atoms with Crippen molar-refractivity contribution in [1.82, 2.24) is 14.5 Å². The van der Waals surface area contributed by atoms with Gasteiger partial charge in [0.1, 0.15) is 10.8 Å². The zero-order valence-corrected chi connectivity index (χ0v) is 15.5. The largest absolute Gasteiger partial charge is 0.298 e. The SMILES string of the molecule is CC(C)(C)C1CCCCN1CCn1c(=O)ccc2ccc(Cl)nc21. The van der Waals surface area contributed by atoms with E-state index in [0.717, 1.165) is 18.5 Å². The molecule has 1 saturated heterocycles. The maximum Gasteiger partial charge on any atom is 0.252 e. The zero-order chi connectivity index (χ0) is 17.3. The summed E-state index contributed by atoms with van der Waals surface area (Å²) in [5.41, 5.74) is 0.923. The van der Waals surface area contributed by atoms with Gasteiger partial charge >= 0.3 is 0 Å². The minimum atomic E-state index is -0.0124. The molecule has 0 bridgehead atoms. The third-order valence-corrected chi connectivity index (χ3v) is 5.23. The van der Waals surface area contributed by atoms with Gasteiger partial charge in [-0.05, 0) is 43.0 Å². The fraction of sp³-hybridized carbons (Fsp3) is 0.579. The molecule has 3 rings (SSSR count). The van der Waals surface area contributed by atoms with Crippen LogP contribution in [0.2, 0.25) is 5.15 Å².